The summed E-state index contributed by atoms with van der Waals surface area (Å²) >= 11 is 0. The van der Waals surface area contributed by atoms with Crippen LogP contribution in [-0.2, 0) is 11.3 Å². The topological polar surface area (TPSA) is 96.5 Å². The Hall–Kier alpha value is -1.97. The average molecular weight is 236 g/mol. The van der Waals surface area contributed by atoms with Crippen LogP contribution >= 0.6 is 0 Å². The first-order chi connectivity index (χ1) is 7.89. The van der Waals surface area contributed by atoms with Crippen molar-refractivity contribution >= 4 is 5.91 Å². The number of nitrogens with zero attached hydrogens (tertiary/aromatic N) is 5. The Kier molecular flexibility index (Phi) is 3.78. The number of carbonyl (C=O) groups excluding carboxylic acids is 1. The molecule has 0 radical (unpaired) electrons. The van der Waals surface area contributed by atoms with E-state index in [-0.39, 0.29) is 18.4 Å². The van der Waals surface area contributed by atoms with E-state index in [2.05, 4.69) is 26.9 Å². The zero-order valence-electron chi connectivity index (χ0n) is 10.4. The first kappa shape index (κ1) is 13.1. The van der Waals surface area contributed by atoms with Gasteiger partial charge in [0.05, 0.1) is 6.07 Å². The summed E-state index contributed by atoms with van der Waals surface area (Å²) in [6.07, 6.45) is 0. The van der Waals surface area contributed by atoms with Crippen LogP contribution in [-0.4, -0.2) is 31.7 Å². The molecule has 0 spiro atoms. The molecule has 0 aliphatic heterocycles. The van der Waals surface area contributed by atoms with Crippen LogP contribution in [0.3, 0.4) is 0 Å². The fourth-order valence-corrected chi connectivity index (χ4v) is 1.16. The Labute approximate surface area is 99.8 Å². The van der Waals surface area contributed by atoms with Gasteiger partial charge in [0.1, 0.15) is 17.9 Å². The number of amides is 1. The number of nitrogens with one attached hydrogen (secondary N) is 1. The van der Waals surface area contributed by atoms with E-state index in [0.29, 0.717) is 5.82 Å². The number of nitriles is 1. The second-order valence-electron chi connectivity index (χ2n) is 4.40. The predicted octanol–water partition coefficient (Wildman–Crippen LogP) is 0.0360. The summed E-state index contributed by atoms with van der Waals surface area (Å²) in [7, 11) is 0. The van der Waals surface area contributed by atoms with Gasteiger partial charge in [-0.25, -0.2) is 4.68 Å². The Balaban J connectivity index is 2.68. The van der Waals surface area contributed by atoms with E-state index in [1.54, 1.807) is 13.8 Å². The monoisotopic (exact) mass is 236 g/mol. The second-order valence-corrected chi connectivity index (χ2v) is 4.40. The van der Waals surface area contributed by atoms with Crippen LogP contribution in [0.5, 0.6) is 0 Å². The third-order valence-electron chi connectivity index (χ3n) is 2.79. The van der Waals surface area contributed by atoms with Crippen LogP contribution < -0.4 is 5.32 Å². The van der Waals surface area contributed by atoms with E-state index in [9.17, 15) is 4.79 Å². The molecule has 0 aliphatic rings. The summed E-state index contributed by atoms with van der Waals surface area (Å²) in [6, 6.07) is 2.11. The summed E-state index contributed by atoms with van der Waals surface area (Å²) < 4.78 is 1.38. The zero-order valence-corrected chi connectivity index (χ0v) is 10.4. The van der Waals surface area contributed by atoms with E-state index in [4.69, 9.17) is 5.26 Å². The molecule has 0 saturated heterocycles. The number of hydrogen-bond acceptors (Lipinski definition) is 5. The summed E-state index contributed by atoms with van der Waals surface area (Å²) in [5.41, 5.74) is -0.876. The van der Waals surface area contributed by atoms with Crippen molar-refractivity contribution in [2.75, 3.05) is 0 Å². The SMILES string of the molecule is Cc1nnnn1CC(=O)NC(C)(C#N)C(C)C. The minimum Gasteiger partial charge on any atom is -0.336 e. The Bertz CT molecular complexity index is 446. The molecule has 1 aromatic heterocycles. The molecule has 7 nitrogen and oxygen atoms in total. The molecule has 0 fully saturated rings. The summed E-state index contributed by atoms with van der Waals surface area (Å²) in [4.78, 5) is 11.8. The minimum absolute atomic E-state index is 0.0167. The van der Waals surface area contributed by atoms with Gasteiger partial charge in [-0.05, 0) is 30.2 Å². The highest BCUT2D eigenvalue weighted by Gasteiger charge is 2.30. The summed E-state index contributed by atoms with van der Waals surface area (Å²) in [5.74, 6) is 0.299. The van der Waals surface area contributed by atoms with Crippen molar-refractivity contribution in [2.24, 2.45) is 5.92 Å². The Morgan fingerprint density at radius 1 is 1.65 bits per heavy atom. The third kappa shape index (κ3) is 3.00. The van der Waals surface area contributed by atoms with Crippen LogP contribution in [0.4, 0.5) is 0 Å². The average Bonchev–Trinajstić information content (AvgIpc) is 2.63. The van der Waals surface area contributed by atoms with Gasteiger partial charge in [-0.2, -0.15) is 5.26 Å². The molecule has 1 heterocycles. The van der Waals surface area contributed by atoms with Crippen molar-refractivity contribution in [2.45, 2.75) is 39.8 Å². The van der Waals surface area contributed by atoms with Gasteiger partial charge in [0, 0.05) is 0 Å². The van der Waals surface area contributed by atoms with Gasteiger partial charge in [0.15, 0.2) is 0 Å². The highest BCUT2D eigenvalue weighted by molar-refractivity contribution is 5.77. The van der Waals surface area contributed by atoms with Crippen molar-refractivity contribution in [3.05, 3.63) is 5.82 Å². The molecule has 0 bridgehead atoms. The smallest absolute Gasteiger partial charge is 0.243 e. The maximum absolute atomic E-state index is 11.8. The molecule has 1 unspecified atom stereocenters. The van der Waals surface area contributed by atoms with Crippen molar-refractivity contribution < 1.29 is 4.79 Å². The molecule has 1 aromatic rings. The number of aromatic nitrogens is 4. The molecule has 1 atom stereocenters. The van der Waals surface area contributed by atoms with Gasteiger partial charge in [-0.1, -0.05) is 13.8 Å². The Morgan fingerprint density at radius 2 is 2.29 bits per heavy atom. The molecule has 0 aromatic carbocycles. The summed E-state index contributed by atoms with van der Waals surface area (Å²) in [5, 5.41) is 22.6. The second kappa shape index (κ2) is 4.91. The molecule has 1 N–H and O–H groups in total. The molecule has 0 aliphatic carbocycles. The van der Waals surface area contributed by atoms with Crippen LogP contribution in [0.25, 0.3) is 0 Å². The van der Waals surface area contributed by atoms with Gasteiger partial charge < -0.3 is 5.32 Å². The molecular weight excluding hydrogens is 220 g/mol. The van der Waals surface area contributed by atoms with Crippen LogP contribution in [0.1, 0.15) is 26.6 Å². The van der Waals surface area contributed by atoms with Crippen molar-refractivity contribution in [3.63, 3.8) is 0 Å². The molecule has 7 heteroatoms. The third-order valence-corrected chi connectivity index (χ3v) is 2.79. The Morgan fingerprint density at radius 3 is 2.71 bits per heavy atom. The van der Waals surface area contributed by atoms with Crippen molar-refractivity contribution in [3.8, 4) is 6.07 Å². The first-order valence-electron chi connectivity index (χ1n) is 5.34. The molecule has 1 rings (SSSR count). The van der Waals surface area contributed by atoms with E-state index >= 15 is 0 Å². The maximum atomic E-state index is 11.8. The number of aryl methyl sites for hydroxylation is 1. The van der Waals surface area contributed by atoms with Crippen molar-refractivity contribution in [1.82, 2.24) is 25.5 Å². The number of hydrogen-bond donors (Lipinski definition) is 1. The lowest BCUT2D eigenvalue weighted by molar-refractivity contribution is -0.123. The lowest BCUT2D eigenvalue weighted by atomic mass is 9.90. The quantitative estimate of drug-likeness (QED) is 0.795. The maximum Gasteiger partial charge on any atom is 0.243 e. The van der Waals surface area contributed by atoms with Gasteiger partial charge in [0.2, 0.25) is 5.91 Å². The minimum atomic E-state index is -0.876. The van der Waals surface area contributed by atoms with Gasteiger partial charge >= 0.3 is 0 Å². The standard InChI is InChI=1S/C10H16N6O/c1-7(2)10(4,6-11)12-9(17)5-16-8(3)13-14-15-16/h7H,5H2,1-4H3,(H,12,17). The van der Waals surface area contributed by atoms with Crippen LogP contribution in [0, 0.1) is 24.2 Å². The van der Waals surface area contributed by atoms with E-state index in [1.807, 2.05) is 13.8 Å². The molecule has 1 amide bonds. The van der Waals surface area contributed by atoms with Crippen LogP contribution in [0.15, 0.2) is 0 Å². The number of tetrazole rings is 1. The highest BCUT2D eigenvalue weighted by Crippen LogP contribution is 2.14. The molecule has 92 valence electrons. The fourth-order valence-electron chi connectivity index (χ4n) is 1.16. The largest absolute Gasteiger partial charge is 0.336 e. The summed E-state index contributed by atoms with van der Waals surface area (Å²) in [6.45, 7) is 7.18. The molecule has 0 saturated carbocycles. The fraction of sp³-hybridized carbons (Fsp3) is 0.700. The van der Waals surface area contributed by atoms with Crippen LogP contribution in [0.2, 0.25) is 0 Å². The van der Waals surface area contributed by atoms with E-state index in [0.717, 1.165) is 0 Å². The van der Waals surface area contributed by atoms with Gasteiger partial charge in [-0.15, -0.1) is 5.10 Å². The molecule has 17 heavy (non-hydrogen) atoms. The predicted molar refractivity (Wildman–Crippen MR) is 59.6 cm³/mol. The number of carbonyl (C=O) groups is 1. The van der Waals surface area contributed by atoms with Crippen molar-refractivity contribution in [1.29, 1.82) is 5.26 Å². The molecular formula is C10H16N6O. The van der Waals surface area contributed by atoms with E-state index in [1.165, 1.54) is 4.68 Å². The lowest BCUT2D eigenvalue weighted by Crippen LogP contribution is -2.49. The van der Waals surface area contributed by atoms with E-state index < -0.39 is 5.54 Å². The normalized spacial score (nSPS) is 14.1. The number of rotatable bonds is 4. The lowest BCUT2D eigenvalue weighted by Gasteiger charge is -2.27. The van der Waals surface area contributed by atoms with Gasteiger partial charge in [-0.3, -0.25) is 4.79 Å². The first-order valence-corrected chi connectivity index (χ1v) is 5.34. The zero-order chi connectivity index (χ0) is 13.1. The van der Waals surface area contributed by atoms with Gasteiger partial charge in [0.25, 0.3) is 0 Å². The highest BCUT2D eigenvalue weighted by atomic mass is 16.2.